The zero-order chi connectivity index (χ0) is 26.6. The Kier molecular flexibility index (Phi) is 13.4. The number of amides is 3. The molecule has 0 radical (unpaired) electrons. The molecule has 3 N–H and O–H groups in total. The van der Waals surface area contributed by atoms with Gasteiger partial charge in [-0.1, -0.05) is 30.3 Å². The predicted molar refractivity (Wildman–Crippen MR) is 144 cm³/mol. The zero-order valence-corrected chi connectivity index (χ0v) is 23.0. The summed E-state index contributed by atoms with van der Waals surface area (Å²) in [5.41, 5.74) is 6.71. The van der Waals surface area contributed by atoms with Crippen LogP contribution in [0.15, 0.2) is 30.3 Å². The van der Waals surface area contributed by atoms with Gasteiger partial charge < -0.3 is 30.3 Å². The minimum atomic E-state index is -0.901. The van der Waals surface area contributed by atoms with Crippen LogP contribution >= 0.6 is 12.4 Å². The molecule has 0 unspecified atom stereocenters. The number of carbonyl (C=O) groups excluding carboxylic acids is 4. The van der Waals surface area contributed by atoms with Gasteiger partial charge in [-0.05, 0) is 50.5 Å². The molecule has 3 amide bonds. The standard InChI is InChI=1S/C27H40N4O6.ClH/c1-2-36-26(34)23(28)17-29-25(33)22-9-6-14-31(18-22)24(32)11-10-20-12-15-30(16-13-20)27(35)37-19-21-7-4-3-5-8-21;/h3-5,7-8,20,22-23H,2,6,9-19,28H2,1H3,(H,29,33);1H/t22-,23+;/m1./s1. The van der Waals surface area contributed by atoms with Crippen LogP contribution in [0.25, 0.3) is 0 Å². The van der Waals surface area contributed by atoms with Crippen LogP contribution in [-0.2, 0) is 30.5 Å². The summed E-state index contributed by atoms with van der Waals surface area (Å²) in [5.74, 6) is -0.597. The number of esters is 1. The maximum Gasteiger partial charge on any atom is 0.410 e. The monoisotopic (exact) mass is 552 g/mol. The summed E-state index contributed by atoms with van der Waals surface area (Å²) < 4.78 is 10.3. The lowest BCUT2D eigenvalue weighted by Crippen LogP contribution is -2.49. The van der Waals surface area contributed by atoms with Crippen molar-refractivity contribution in [1.29, 1.82) is 0 Å². The molecule has 2 aliphatic heterocycles. The van der Waals surface area contributed by atoms with Gasteiger partial charge in [-0.3, -0.25) is 14.4 Å². The van der Waals surface area contributed by atoms with Crippen LogP contribution in [-0.4, -0.2) is 79.0 Å². The van der Waals surface area contributed by atoms with Crippen LogP contribution in [0.3, 0.4) is 0 Å². The number of carbonyl (C=O) groups is 4. The molecule has 0 aliphatic carbocycles. The van der Waals surface area contributed by atoms with E-state index in [9.17, 15) is 19.2 Å². The highest BCUT2D eigenvalue weighted by atomic mass is 35.5. The molecular weight excluding hydrogens is 512 g/mol. The summed E-state index contributed by atoms with van der Waals surface area (Å²) in [6.45, 7) is 4.51. The van der Waals surface area contributed by atoms with Gasteiger partial charge in [0.05, 0.1) is 12.5 Å². The van der Waals surface area contributed by atoms with Crippen molar-refractivity contribution in [2.24, 2.45) is 17.6 Å². The van der Waals surface area contributed by atoms with Crippen molar-refractivity contribution in [3.05, 3.63) is 35.9 Å². The summed E-state index contributed by atoms with van der Waals surface area (Å²) in [7, 11) is 0. The number of hydrogen-bond donors (Lipinski definition) is 2. The summed E-state index contributed by atoms with van der Waals surface area (Å²) >= 11 is 0. The van der Waals surface area contributed by atoms with Gasteiger partial charge in [0.15, 0.2) is 0 Å². The van der Waals surface area contributed by atoms with Gasteiger partial charge in [0.2, 0.25) is 11.8 Å². The van der Waals surface area contributed by atoms with Gasteiger partial charge in [0.1, 0.15) is 12.6 Å². The van der Waals surface area contributed by atoms with E-state index in [1.807, 2.05) is 30.3 Å². The maximum absolute atomic E-state index is 12.9. The molecule has 1 aromatic carbocycles. The van der Waals surface area contributed by atoms with Crippen LogP contribution in [0.4, 0.5) is 4.79 Å². The summed E-state index contributed by atoms with van der Waals surface area (Å²) in [5, 5.41) is 2.72. The second-order valence-electron chi connectivity index (χ2n) is 9.79. The first-order valence-corrected chi connectivity index (χ1v) is 13.3. The molecule has 3 rings (SSSR count). The Morgan fingerprint density at radius 2 is 1.74 bits per heavy atom. The topological polar surface area (TPSA) is 131 Å². The Balaban J connectivity index is 0.00000507. The van der Waals surface area contributed by atoms with Crippen LogP contribution in [0, 0.1) is 11.8 Å². The van der Waals surface area contributed by atoms with E-state index in [2.05, 4.69) is 5.32 Å². The van der Waals surface area contributed by atoms with Gasteiger partial charge in [-0.2, -0.15) is 0 Å². The third-order valence-electron chi connectivity index (χ3n) is 7.07. The predicted octanol–water partition coefficient (Wildman–Crippen LogP) is 2.48. The van der Waals surface area contributed by atoms with Crippen LogP contribution in [0.5, 0.6) is 0 Å². The second-order valence-corrected chi connectivity index (χ2v) is 9.79. The molecule has 0 bridgehead atoms. The maximum atomic E-state index is 12.9. The molecule has 11 heteroatoms. The van der Waals surface area contributed by atoms with E-state index in [1.165, 1.54) is 0 Å². The molecule has 2 fully saturated rings. The van der Waals surface area contributed by atoms with Gasteiger partial charge in [-0.15, -0.1) is 12.4 Å². The lowest BCUT2D eigenvalue weighted by Gasteiger charge is -2.34. The molecule has 0 aromatic heterocycles. The third kappa shape index (κ3) is 9.79. The highest BCUT2D eigenvalue weighted by Crippen LogP contribution is 2.24. The minimum Gasteiger partial charge on any atom is -0.465 e. The first kappa shape index (κ1) is 31.4. The molecule has 0 spiro atoms. The molecule has 2 heterocycles. The fourth-order valence-corrected chi connectivity index (χ4v) is 4.81. The lowest BCUT2D eigenvalue weighted by atomic mass is 9.91. The van der Waals surface area contributed by atoms with E-state index in [1.54, 1.807) is 16.7 Å². The van der Waals surface area contributed by atoms with Crippen molar-refractivity contribution in [3.63, 3.8) is 0 Å². The Morgan fingerprint density at radius 1 is 1.03 bits per heavy atom. The highest BCUT2D eigenvalue weighted by molar-refractivity contribution is 5.85. The number of rotatable bonds is 10. The van der Waals surface area contributed by atoms with Crippen molar-refractivity contribution < 1.29 is 28.7 Å². The largest absolute Gasteiger partial charge is 0.465 e. The summed E-state index contributed by atoms with van der Waals surface area (Å²) in [4.78, 5) is 52.9. The average molecular weight is 553 g/mol. The molecular formula is C27H41ClN4O6. The minimum absolute atomic E-state index is 0. The SMILES string of the molecule is CCOC(=O)[C@@H](N)CNC(=O)[C@@H]1CCCN(C(=O)CCC2CCN(C(=O)OCc3ccccc3)CC2)C1.Cl. The van der Waals surface area contributed by atoms with Gasteiger partial charge in [0.25, 0.3) is 0 Å². The molecule has 2 saturated heterocycles. The van der Waals surface area contributed by atoms with E-state index >= 15 is 0 Å². The average Bonchev–Trinajstić information content (AvgIpc) is 2.94. The molecule has 38 heavy (non-hydrogen) atoms. The Bertz CT molecular complexity index is 910. The smallest absolute Gasteiger partial charge is 0.410 e. The van der Waals surface area contributed by atoms with Crippen molar-refractivity contribution in [1.82, 2.24) is 15.1 Å². The van der Waals surface area contributed by atoms with Crippen LogP contribution in [0.1, 0.15) is 51.0 Å². The number of ether oxygens (including phenoxy) is 2. The third-order valence-corrected chi connectivity index (χ3v) is 7.07. The number of halogens is 1. The number of nitrogens with two attached hydrogens (primary N) is 1. The Hall–Kier alpha value is -2.85. The number of nitrogens with one attached hydrogen (secondary N) is 1. The number of nitrogens with zero attached hydrogens (tertiary/aromatic N) is 2. The number of piperidine rings is 2. The number of hydrogen-bond acceptors (Lipinski definition) is 7. The van der Waals surface area contributed by atoms with Crippen molar-refractivity contribution in [3.8, 4) is 0 Å². The molecule has 0 saturated carbocycles. The van der Waals surface area contributed by atoms with Crippen molar-refractivity contribution >= 4 is 36.3 Å². The van der Waals surface area contributed by atoms with Crippen molar-refractivity contribution in [2.75, 3.05) is 39.3 Å². The molecule has 2 aliphatic rings. The van der Waals surface area contributed by atoms with Gasteiger partial charge in [0, 0.05) is 39.1 Å². The fraction of sp³-hybridized carbons (Fsp3) is 0.630. The first-order valence-electron chi connectivity index (χ1n) is 13.3. The summed E-state index contributed by atoms with van der Waals surface area (Å²) in [6, 6.07) is 8.71. The lowest BCUT2D eigenvalue weighted by molar-refractivity contribution is -0.144. The number of benzene rings is 1. The van der Waals surface area contributed by atoms with Crippen LogP contribution < -0.4 is 11.1 Å². The molecule has 10 nitrogen and oxygen atoms in total. The van der Waals surface area contributed by atoms with Crippen LogP contribution in [0.2, 0.25) is 0 Å². The van der Waals surface area contributed by atoms with E-state index < -0.39 is 12.0 Å². The zero-order valence-electron chi connectivity index (χ0n) is 22.1. The molecule has 212 valence electrons. The van der Waals surface area contributed by atoms with Gasteiger partial charge in [-0.25, -0.2) is 4.79 Å². The van der Waals surface area contributed by atoms with E-state index in [0.717, 1.165) is 31.2 Å². The number of likely N-dealkylation sites (tertiary alicyclic amines) is 2. The summed E-state index contributed by atoms with van der Waals surface area (Å²) in [6.07, 6.45) is 4.07. The normalized spacial score (nSPS) is 18.6. The second kappa shape index (κ2) is 16.2. The fourth-order valence-electron chi connectivity index (χ4n) is 4.81. The quantitative estimate of drug-likeness (QED) is 0.426. The van der Waals surface area contributed by atoms with E-state index in [0.29, 0.717) is 44.9 Å². The first-order chi connectivity index (χ1) is 17.9. The van der Waals surface area contributed by atoms with E-state index in [-0.39, 0.29) is 56.0 Å². The Morgan fingerprint density at radius 3 is 2.42 bits per heavy atom. The Labute approximate surface area is 231 Å². The van der Waals surface area contributed by atoms with E-state index in [4.69, 9.17) is 15.2 Å². The molecule has 1 aromatic rings. The highest BCUT2D eigenvalue weighted by Gasteiger charge is 2.30. The van der Waals surface area contributed by atoms with Gasteiger partial charge >= 0.3 is 12.1 Å². The molecule has 2 atom stereocenters. The van der Waals surface area contributed by atoms with Crippen molar-refractivity contribution in [2.45, 2.75) is 58.1 Å².